The lowest BCUT2D eigenvalue weighted by molar-refractivity contribution is -0.129. The molecular formula is C17H17N3O. The van der Waals surface area contributed by atoms with Gasteiger partial charge in [-0.3, -0.25) is 4.79 Å². The van der Waals surface area contributed by atoms with Crippen LogP contribution in [0.3, 0.4) is 0 Å². The Morgan fingerprint density at radius 3 is 2.57 bits per heavy atom. The Balaban J connectivity index is 1.99. The third kappa shape index (κ3) is 4.08. The van der Waals surface area contributed by atoms with E-state index < -0.39 is 0 Å². The van der Waals surface area contributed by atoms with E-state index in [4.69, 9.17) is 11.0 Å². The van der Waals surface area contributed by atoms with Gasteiger partial charge in [0, 0.05) is 19.3 Å². The lowest BCUT2D eigenvalue weighted by Crippen LogP contribution is -2.27. The SMILES string of the molecule is CN(Cc1cccc(C#N)c1)C(=O)Cc1ccc(N)cc1. The van der Waals surface area contributed by atoms with Crippen molar-refractivity contribution in [2.45, 2.75) is 13.0 Å². The number of rotatable bonds is 4. The van der Waals surface area contributed by atoms with Crippen molar-refractivity contribution in [1.29, 1.82) is 5.26 Å². The van der Waals surface area contributed by atoms with Gasteiger partial charge in [-0.15, -0.1) is 0 Å². The molecule has 2 rings (SSSR count). The number of benzene rings is 2. The molecule has 0 aromatic heterocycles. The summed E-state index contributed by atoms with van der Waals surface area (Å²) in [6, 6.07) is 16.7. The highest BCUT2D eigenvalue weighted by molar-refractivity contribution is 5.78. The van der Waals surface area contributed by atoms with Gasteiger partial charge in [0.25, 0.3) is 0 Å². The van der Waals surface area contributed by atoms with E-state index in [9.17, 15) is 4.79 Å². The van der Waals surface area contributed by atoms with Crippen LogP contribution in [0.2, 0.25) is 0 Å². The summed E-state index contributed by atoms with van der Waals surface area (Å²) < 4.78 is 0. The van der Waals surface area contributed by atoms with Crippen molar-refractivity contribution < 1.29 is 4.79 Å². The fraction of sp³-hybridized carbons (Fsp3) is 0.176. The van der Waals surface area contributed by atoms with Crippen LogP contribution in [0.5, 0.6) is 0 Å². The van der Waals surface area contributed by atoms with Crippen LogP contribution in [0.25, 0.3) is 0 Å². The van der Waals surface area contributed by atoms with Crippen molar-refractivity contribution >= 4 is 11.6 Å². The molecule has 0 unspecified atom stereocenters. The maximum atomic E-state index is 12.2. The number of nitrogens with zero attached hydrogens (tertiary/aromatic N) is 2. The second-order valence-corrected chi connectivity index (χ2v) is 4.98. The van der Waals surface area contributed by atoms with Gasteiger partial charge in [0.2, 0.25) is 5.91 Å². The minimum atomic E-state index is 0.0298. The highest BCUT2D eigenvalue weighted by atomic mass is 16.2. The zero-order valence-electron chi connectivity index (χ0n) is 11.9. The molecule has 0 saturated heterocycles. The molecular weight excluding hydrogens is 262 g/mol. The summed E-state index contributed by atoms with van der Waals surface area (Å²) in [6.45, 7) is 0.489. The smallest absolute Gasteiger partial charge is 0.227 e. The normalized spacial score (nSPS) is 9.90. The van der Waals surface area contributed by atoms with Crippen LogP contribution in [0, 0.1) is 11.3 Å². The highest BCUT2D eigenvalue weighted by Crippen LogP contribution is 2.10. The minimum Gasteiger partial charge on any atom is -0.399 e. The lowest BCUT2D eigenvalue weighted by atomic mass is 10.1. The van der Waals surface area contributed by atoms with Gasteiger partial charge < -0.3 is 10.6 Å². The molecule has 106 valence electrons. The largest absolute Gasteiger partial charge is 0.399 e. The Morgan fingerprint density at radius 1 is 1.19 bits per heavy atom. The zero-order chi connectivity index (χ0) is 15.2. The molecule has 4 nitrogen and oxygen atoms in total. The summed E-state index contributed by atoms with van der Waals surface area (Å²) in [5.74, 6) is 0.0298. The molecule has 1 amide bonds. The van der Waals surface area contributed by atoms with Gasteiger partial charge in [0.05, 0.1) is 18.1 Å². The summed E-state index contributed by atoms with van der Waals surface area (Å²) in [6.07, 6.45) is 0.342. The summed E-state index contributed by atoms with van der Waals surface area (Å²) >= 11 is 0. The molecule has 2 N–H and O–H groups in total. The first-order chi connectivity index (χ1) is 10.1. The number of amides is 1. The second kappa shape index (κ2) is 6.58. The van der Waals surface area contributed by atoms with E-state index in [0.29, 0.717) is 24.2 Å². The first-order valence-electron chi connectivity index (χ1n) is 6.66. The third-order valence-corrected chi connectivity index (χ3v) is 3.24. The Labute approximate surface area is 124 Å². The molecule has 0 bridgehead atoms. The maximum Gasteiger partial charge on any atom is 0.227 e. The van der Waals surface area contributed by atoms with Gasteiger partial charge >= 0.3 is 0 Å². The predicted molar refractivity (Wildman–Crippen MR) is 82.2 cm³/mol. The lowest BCUT2D eigenvalue weighted by Gasteiger charge is -2.17. The first-order valence-corrected chi connectivity index (χ1v) is 6.66. The van der Waals surface area contributed by atoms with Crippen LogP contribution < -0.4 is 5.73 Å². The average molecular weight is 279 g/mol. The molecule has 0 heterocycles. The quantitative estimate of drug-likeness (QED) is 0.873. The van der Waals surface area contributed by atoms with E-state index >= 15 is 0 Å². The van der Waals surface area contributed by atoms with Crippen molar-refractivity contribution in [1.82, 2.24) is 4.90 Å². The van der Waals surface area contributed by atoms with Crippen LogP contribution in [-0.4, -0.2) is 17.9 Å². The number of anilines is 1. The number of nitrogens with two attached hydrogens (primary N) is 1. The van der Waals surface area contributed by atoms with E-state index in [2.05, 4.69) is 6.07 Å². The van der Waals surface area contributed by atoms with Gasteiger partial charge in [-0.25, -0.2) is 0 Å². The van der Waals surface area contributed by atoms with Gasteiger partial charge in [-0.1, -0.05) is 24.3 Å². The Bertz CT molecular complexity index is 671. The summed E-state index contributed by atoms with van der Waals surface area (Å²) in [4.78, 5) is 13.8. The van der Waals surface area contributed by atoms with E-state index in [0.717, 1.165) is 11.1 Å². The van der Waals surface area contributed by atoms with Crippen molar-refractivity contribution in [3.63, 3.8) is 0 Å². The van der Waals surface area contributed by atoms with Crippen LogP contribution in [0.1, 0.15) is 16.7 Å². The van der Waals surface area contributed by atoms with E-state index in [1.54, 1.807) is 36.2 Å². The molecule has 4 heteroatoms. The number of nitriles is 1. The van der Waals surface area contributed by atoms with Crippen molar-refractivity contribution in [3.8, 4) is 6.07 Å². The molecule has 0 spiro atoms. The second-order valence-electron chi connectivity index (χ2n) is 4.98. The maximum absolute atomic E-state index is 12.2. The van der Waals surface area contributed by atoms with Gasteiger partial charge in [0.15, 0.2) is 0 Å². The van der Waals surface area contributed by atoms with Crippen LogP contribution in [0.4, 0.5) is 5.69 Å². The number of likely N-dealkylation sites (N-methyl/N-ethyl adjacent to an activating group) is 1. The van der Waals surface area contributed by atoms with Gasteiger partial charge in [0.1, 0.15) is 0 Å². The Hall–Kier alpha value is -2.80. The topological polar surface area (TPSA) is 70.1 Å². The van der Waals surface area contributed by atoms with Crippen LogP contribution in [-0.2, 0) is 17.8 Å². The molecule has 0 aliphatic carbocycles. The molecule has 2 aromatic rings. The average Bonchev–Trinajstić information content (AvgIpc) is 2.49. The molecule has 2 aromatic carbocycles. The zero-order valence-corrected chi connectivity index (χ0v) is 11.9. The molecule has 0 radical (unpaired) electrons. The third-order valence-electron chi connectivity index (χ3n) is 3.24. The van der Waals surface area contributed by atoms with E-state index in [1.165, 1.54) is 0 Å². The summed E-state index contributed by atoms with van der Waals surface area (Å²) in [5, 5.41) is 8.88. The van der Waals surface area contributed by atoms with Crippen molar-refractivity contribution in [3.05, 3.63) is 65.2 Å². The molecule has 0 fully saturated rings. The molecule has 0 aliphatic heterocycles. The van der Waals surface area contributed by atoms with Crippen LogP contribution in [0.15, 0.2) is 48.5 Å². The fourth-order valence-electron chi connectivity index (χ4n) is 2.05. The van der Waals surface area contributed by atoms with Crippen molar-refractivity contribution in [2.24, 2.45) is 0 Å². The first kappa shape index (κ1) is 14.6. The standard InChI is InChI=1S/C17H17N3O/c1-20(12-15-4-2-3-14(9-15)11-18)17(21)10-13-5-7-16(19)8-6-13/h2-9H,10,12,19H2,1H3. The molecule has 0 saturated carbocycles. The summed E-state index contributed by atoms with van der Waals surface area (Å²) in [5.41, 5.74) is 8.80. The van der Waals surface area contributed by atoms with E-state index in [1.807, 2.05) is 24.3 Å². The number of carbonyl (C=O) groups excluding carboxylic acids is 1. The molecule has 0 aliphatic rings. The highest BCUT2D eigenvalue weighted by Gasteiger charge is 2.10. The Morgan fingerprint density at radius 2 is 1.90 bits per heavy atom. The van der Waals surface area contributed by atoms with Crippen LogP contribution >= 0.6 is 0 Å². The number of nitrogen functional groups attached to an aromatic ring is 1. The van der Waals surface area contributed by atoms with E-state index in [-0.39, 0.29) is 5.91 Å². The summed E-state index contributed by atoms with van der Waals surface area (Å²) in [7, 11) is 1.76. The molecule has 21 heavy (non-hydrogen) atoms. The molecule has 0 atom stereocenters. The van der Waals surface area contributed by atoms with Crippen molar-refractivity contribution in [2.75, 3.05) is 12.8 Å². The minimum absolute atomic E-state index is 0.0298. The number of hydrogen-bond donors (Lipinski definition) is 1. The number of hydrogen-bond acceptors (Lipinski definition) is 3. The van der Waals surface area contributed by atoms with Gasteiger partial charge in [-0.05, 0) is 35.4 Å². The Kier molecular flexibility index (Phi) is 4.57. The number of carbonyl (C=O) groups is 1. The fourth-order valence-corrected chi connectivity index (χ4v) is 2.05. The van der Waals surface area contributed by atoms with Gasteiger partial charge in [-0.2, -0.15) is 5.26 Å². The predicted octanol–water partition coefficient (Wildman–Crippen LogP) is 2.34. The monoisotopic (exact) mass is 279 g/mol.